The van der Waals surface area contributed by atoms with Crippen LogP contribution in [0.25, 0.3) is 10.9 Å². The van der Waals surface area contributed by atoms with E-state index in [0.29, 0.717) is 11.4 Å². The fourth-order valence-corrected chi connectivity index (χ4v) is 3.72. The van der Waals surface area contributed by atoms with Crippen molar-refractivity contribution in [2.24, 2.45) is 0 Å². The van der Waals surface area contributed by atoms with E-state index in [-0.39, 0.29) is 5.56 Å². The SMILES string of the molecule is COc1ccc(Cn2ccc3cc(Cc4ccc(Cl)cc4C(=O)O)ccc32)cc1. The lowest BCUT2D eigenvalue weighted by Crippen LogP contribution is -2.03. The van der Waals surface area contributed by atoms with Crippen molar-refractivity contribution in [2.75, 3.05) is 7.11 Å². The van der Waals surface area contributed by atoms with Crippen molar-refractivity contribution < 1.29 is 14.6 Å². The normalized spacial score (nSPS) is 11.0. The summed E-state index contributed by atoms with van der Waals surface area (Å²) in [6.45, 7) is 0.771. The lowest BCUT2D eigenvalue weighted by molar-refractivity contribution is 0.0696. The van der Waals surface area contributed by atoms with Crippen molar-refractivity contribution >= 4 is 28.5 Å². The highest BCUT2D eigenvalue weighted by atomic mass is 35.5. The van der Waals surface area contributed by atoms with Gasteiger partial charge in [0.25, 0.3) is 0 Å². The van der Waals surface area contributed by atoms with Gasteiger partial charge < -0.3 is 14.4 Å². The van der Waals surface area contributed by atoms with Crippen LogP contribution in [0.15, 0.2) is 72.9 Å². The molecule has 0 amide bonds. The van der Waals surface area contributed by atoms with E-state index in [4.69, 9.17) is 16.3 Å². The van der Waals surface area contributed by atoms with Crippen molar-refractivity contribution in [1.29, 1.82) is 0 Å². The van der Waals surface area contributed by atoms with Crippen LogP contribution in [0.3, 0.4) is 0 Å². The quantitative estimate of drug-likeness (QED) is 0.451. The third-order valence-electron chi connectivity index (χ3n) is 5.04. The van der Waals surface area contributed by atoms with Gasteiger partial charge >= 0.3 is 5.97 Å². The van der Waals surface area contributed by atoms with E-state index in [9.17, 15) is 9.90 Å². The monoisotopic (exact) mass is 405 g/mol. The first-order chi connectivity index (χ1) is 14.0. The minimum atomic E-state index is -0.964. The average molecular weight is 406 g/mol. The third kappa shape index (κ3) is 4.13. The van der Waals surface area contributed by atoms with Gasteiger partial charge in [-0.15, -0.1) is 0 Å². The second-order valence-corrected chi connectivity index (χ2v) is 7.40. The van der Waals surface area contributed by atoms with E-state index in [2.05, 4.69) is 41.1 Å². The van der Waals surface area contributed by atoms with Crippen LogP contribution in [0, 0.1) is 0 Å². The zero-order chi connectivity index (χ0) is 20.4. The molecule has 0 unspecified atom stereocenters. The Balaban J connectivity index is 1.59. The topological polar surface area (TPSA) is 51.5 Å². The molecule has 0 fully saturated rings. The predicted octanol–water partition coefficient (Wildman–Crippen LogP) is 5.64. The number of fused-ring (bicyclic) bond motifs is 1. The van der Waals surface area contributed by atoms with Crippen LogP contribution in [-0.4, -0.2) is 22.8 Å². The minimum absolute atomic E-state index is 0.245. The maximum absolute atomic E-state index is 11.5. The van der Waals surface area contributed by atoms with Crippen molar-refractivity contribution in [1.82, 2.24) is 4.57 Å². The maximum Gasteiger partial charge on any atom is 0.336 e. The van der Waals surface area contributed by atoms with Gasteiger partial charge in [0.05, 0.1) is 12.7 Å². The smallest absolute Gasteiger partial charge is 0.336 e. The number of aromatic carboxylic acids is 1. The molecule has 0 atom stereocenters. The summed E-state index contributed by atoms with van der Waals surface area (Å²) < 4.78 is 7.42. The summed E-state index contributed by atoms with van der Waals surface area (Å²) in [6.07, 6.45) is 2.61. The molecule has 0 radical (unpaired) electrons. The van der Waals surface area contributed by atoms with Crippen LogP contribution >= 0.6 is 11.6 Å². The number of rotatable bonds is 6. The number of benzene rings is 3. The summed E-state index contributed by atoms with van der Waals surface area (Å²) in [5, 5.41) is 11.0. The summed E-state index contributed by atoms with van der Waals surface area (Å²) in [5.41, 5.74) is 4.39. The molecule has 0 aliphatic rings. The van der Waals surface area contributed by atoms with Crippen LogP contribution in [0.5, 0.6) is 5.75 Å². The zero-order valence-corrected chi connectivity index (χ0v) is 16.7. The number of ether oxygens (including phenoxy) is 1. The van der Waals surface area contributed by atoms with Gasteiger partial charge in [0.1, 0.15) is 5.75 Å². The highest BCUT2D eigenvalue weighted by Crippen LogP contribution is 2.24. The minimum Gasteiger partial charge on any atom is -0.497 e. The third-order valence-corrected chi connectivity index (χ3v) is 5.28. The van der Waals surface area contributed by atoms with Gasteiger partial charge in [0.15, 0.2) is 0 Å². The number of halogens is 1. The van der Waals surface area contributed by atoms with Gasteiger partial charge in [0, 0.05) is 23.3 Å². The highest BCUT2D eigenvalue weighted by molar-refractivity contribution is 6.31. The predicted molar refractivity (Wildman–Crippen MR) is 115 cm³/mol. The molecular weight excluding hydrogens is 386 g/mol. The van der Waals surface area contributed by atoms with Crippen molar-refractivity contribution in [3.8, 4) is 5.75 Å². The van der Waals surface area contributed by atoms with Gasteiger partial charge in [-0.2, -0.15) is 0 Å². The van der Waals surface area contributed by atoms with Gasteiger partial charge in [-0.25, -0.2) is 4.79 Å². The molecule has 5 heteroatoms. The highest BCUT2D eigenvalue weighted by Gasteiger charge is 2.12. The summed E-state index contributed by atoms with van der Waals surface area (Å²) in [5.74, 6) is -0.118. The second kappa shape index (κ2) is 8.02. The van der Waals surface area contributed by atoms with E-state index < -0.39 is 5.97 Å². The molecule has 4 rings (SSSR count). The molecule has 1 N–H and O–H groups in total. The average Bonchev–Trinajstić information content (AvgIpc) is 3.12. The largest absolute Gasteiger partial charge is 0.497 e. The van der Waals surface area contributed by atoms with E-state index in [0.717, 1.165) is 34.3 Å². The maximum atomic E-state index is 11.5. The number of carboxylic acid groups (broad SMARTS) is 1. The Morgan fingerprint density at radius 2 is 1.76 bits per heavy atom. The first kappa shape index (κ1) is 19.1. The molecule has 0 spiro atoms. The fourth-order valence-electron chi connectivity index (χ4n) is 3.55. The Morgan fingerprint density at radius 3 is 2.48 bits per heavy atom. The Hall–Kier alpha value is -3.24. The number of hydrogen-bond acceptors (Lipinski definition) is 2. The molecule has 4 aromatic rings. The lowest BCUT2D eigenvalue weighted by Gasteiger charge is -2.09. The Bertz CT molecular complexity index is 1180. The van der Waals surface area contributed by atoms with Crippen LogP contribution in [0.4, 0.5) is 0 Å². The molecule has 1 aromatic heterocycles. The Morgan fingerprint density at radius 1 is 1.00 bits per heavy atom. The van der Waals surface area contributed by atoms with Gasteiger partial charge in [-0.3, -0.25) is 0 Å². The molecule has 0 saturated heterocycles. The summed E-state index contributed by atoms with van der Waals surface area (Å²) in [6, 6.07) is 21.4. The lowest BCUT2D eigenvalue weighted by atomic mass is 9.99. The molecule has 0 saturated carbocycles. The van der Waals surface area contributed by atoms with E-state index in [1.54, 1.807) is 19.2 Å². The molecule has 4 nitrogen and oxygen atoms in total. The van der Waals surface area contributed by atoms with Crippen LogP contribution < -0.4 is 4.74 Å². The van der Waals surface area contributed by atoms with Crippen molar-refractivity contribution in [2.45, 2.75) is 13.0 Å². The molecule has 0 bridgehead atoms. The zero-order valence-electron chi connectivity index (χ0n) is 15.9. The Kier molecular flexibility index (Phi) is 5.28. The first-order valence-corrected chi connectivity index (χ1v) is 9.64. The molecule has 0 aliphatic heterocycles. The molecule has 1 heterocycles. The van der Waals surface area contributed by atoms with Gasteiger partial charge in [0.2, 0.25) is 0 Å². The fraction of sp³-hybridized carbons (Fsp3) is 0.125. The number of carbonyl (C=O) groups is 1. The summed E-state index contributed by atoms with van der Waals surface area (Å²) in [4.78, 5) is 11.5. The number of carboxylic acids is 1. The van der Waals surface area contributed by atoms with Gasteiger partial charge in [-0.1, -0.05) is 35.9 Å². The summed E-state index contributed by atoms with van der Waals surface area (Å²) in [7, 11) is 1.66. The molecule has 3 aromatic carbocycles. The number of methoxy groups -OCH3 is 1. The second-order valence-electron chi connectivity index (χ2n) is 6.97. The number of aromatic nitrogens is 1. The molecule has 29 heavy (non-hydrogen) atoms. The van der Waals surface area contributed by atoms with Crippen LogP contribution in [-0.2, 0) is 13.0 Å². The van der Waals surface area contributed by atoms with Gasteiger partial charge in [-0.05, 0) is 71.0 Å². The molecular formula is C24H20ClNO3. The molecule has 0 aliphatic carbocycles. The van der Waals surface area contributed by atoms with Crippen LogP contribution in [0.1, 0.15) is 27.0 Å². The van der Waals surface area contributed by atoms with E-state index in [1.807, 2.05) is 18.2 Å². The Labute approximate surface area is 173 Å². The van der Waals surface area contributed by atoms with Crippen molar-refractivity contribution in [3.63, 3.8) is 0 Å². The molecule has 146 valence electrons. The summed E-state index contributed by atoms with van der Waals surface area (Å²) >= 11 is 5.96. The standard InChI is InChI=1S/C24H20ClNO3/c1-29-21-7-2-16(3-8-21)15-26-11-10-19-13-17(4-9-23(19)26)12-18-5-6-20(25)14-22(18)24(27)28/h2-11,13-14H,12,15H2,1H3,(H,27,28). The van der Waals surface area contributed by atoms with Crippen molar-refractivity contribution in [3.05, 3.63) is 100 Å². The number of hydrogen-bond donors (Lipinski definition) is 1. The van der Waals surface area contributed by atoms with Crippen LogP contribution in [0.2, 0.25) is 5.02 Å². The van der Waals surface area contributed by atoms with E-state index in [1.165, 1.54) is 11.6 Å². The number of nitrogens with zero attached hydrogens (tertiary/aromatic N) is 1. The first-order valence-electron chi connectivity index (χ1n) is 9.26. The van der Waals surface area contributed by atoms with E-state index >= 15 is 0 Å².